The molecule has 1 rings (SSSR count). The number of hydrogen-bond donors (Lipinski definition) is 0. The molecule has 0 amide bonds. The van der Waals surface area contributed by atoms with Crippen molar-refractivity contribution in [2.24, 2.45) is 5.41 Å². The third-order valence-corrected chi connectivity index (χ3v) is 3.63. The maximum absolute atomic E-state index is 5.29. The minimum Gasteiger partial charge on any atom is -0.153 e. The standard InChI is InChI=1S/C11H18S2.H3P/c1-4-5-13-10-6-9(12)7-11(2,3)8-10;/h6H,4-5,7-8H2,1-3H3;1H3. The van der Waals surface area contributed by atoms with Gasteiger partial charge in [0, 0.05) is 4.86 Å². The van der Waals surface area contributed by atoms with Crippen LogP contribution in [-0.2, 0) is 0 Å². The van der Waals surface area contributed by atoms with E-state index in [0.717, 1.165) is 11.3 Å². The second-order valence-electron chi connectivity index (χ2n) is 4.44. The highest BCUT2D eigenvalue weighted by molar-refractivity contribution is 8.03. The van der Waals surface area contributed by atoms with E-state index in [1.807, 2.05) is 11.8 Å². The van der Waals surface area contributed by atoms with Crippen LogP contribution in [0.2, 0.25) is 0 Å². The molecule has 1 unspecified atom stereocenters. The number of thiocarbonyl (C=S) groups is 1. The highest BCUT2D eigenvalue weighted by atomic mass is 32.2. The van der Waals surface area contributed by atoms with Crippen molar-refractivity contribution in [2.45, 2.75) is 40.0 Å². The zero-order valence-corrected chi connectivity index (χ0v) is 12.5. The summed E-state index contributed by atoms with van der Waals surface area (Å²) in [6.07, 6.45) is 5.74. The zero-order valence-electron chi connectivity index (χ0n) is 9.43. The van der Waals surface area contributed by atoms with Gasteiger partial charge in [-0.25, -0.2) is 0 Å². The van der Waals surface area contributed by atoms with E-state index < -0.39 is 0 Å². The Labute approximate surface area is 101 Å². The Morgan fingerprint density at radius 2 is 2.07 bits per heavy atom. The van der Waals surface area contributed by atoms with E-state index in [4.69, 9.17) is 12.2 Å². The molecule has 0 saturated heterocycles. The second kappa shape index (κ2) is 6.25. The van der Waals surface area contributed by atoms with Crippen molar-refractivity contribution in [3.63, 3.8) is 0 Å². The summed E-state index contributed by atoms with van der Waals surface area (Å²) in [6.45, 7) is 6.83. The number of rotatable bonds is 3. The molecule has 82 valence electrons. The predicted octanol–water partition coefficient (Wildman–Crippen LogP) is 4.26. The molecule has 0 nitrogen and oxygen atoms in total. The third kappa shape index (κ3) is 4.91. The molecule has 3 heteroatoms. The van der Waals surface area contributed by atoms with Gasteiger partial charge >= 0.3 is 0 Å². The lowest BCUT2D eigenvalue weighted by Crippen LogP contribution is -2.20. The van der Waals surface area contributed by atoms with Crippen LogP contribution in [0.1, 0.15) is 40.0 Å². The molecule has 14 heavy (non-hydrogen) atoms. The van der Waals surface area contributed by atoms with Crippen molar-refractivity contribution in [3.8, 4) is 0 Å². The normalized spacial score (nSPS) is 19.9. The third-order valence-electron chi connectivity index (χ3n) is 2.12. The first-order valence-electron chi connectivity index (χ1n) is 4.90. The highest BCUT2D eigenvalue weighted by Gasteiger charge is 2.25. The number of thioether (sulfide) groups is 1. The predicted molar refractivity (Wildman–Crippen MR) is 77.6 cm³/mol. The van der Waals surface area contributed by atoms with Crippen molar-refractivity contribution in [1.29, 1.82) is 0 Å². The summed E-state index contributed by atoms with van der Waals surface area (Å²) in [6, 6.07) is 0. The van der Waals surface area contributed by atoms with Crippen LogP contribution in [0.5, 0.6) is 0 Å². The van der Waals surface area contributed by atoms with Gasteiger partial charge in [-0.15, -0.1) is 11.8 Å². The van der Waals surface area contributed by atoms with E-state index in [1.165, 1.54) is 23.5 Å². The lowest BCUT2D eigenvalue weighted by atomic mass is 9.81. The van der Waals surface area contributed by atoms with Crippen molar-refractivity contribution in [1.82, 2.24) is 0 Å². The molecule has 1 aliphatic carbocycles. The highest BCUT2D eigenvalue weighted by Crippen LogP contribution is 2.38. The van der Waals surface area contributed by atoms with Crippen molar-refractivity contribution >= 4 is 38.7 Å². The summed E-state index contributed by atoms with van der Waals surface area (Å²) in [7, 11) is 0. The van der Waals surface area contributed by atoms with E-state index >= 15 is 0 Å². The van der Waals surface area contributed by atoms with Gasteiger partial charge in [0.05, 0.1) is 0 Å². The average Bonchev–Trinajstić information content (AvgIpc) is 1.97. The summed E-state index contributed by atoms with van der Waals surface area (Å²) in [5, 5.41) is 0. The molecule has 0 N–H and O–H groups in total. The lowest BCUT2D eigenvalue weighted by molar-refractivity contribution is 0.383. The maximum Gasteiger partial charge on any atom is 0.0165 e. The Kier molecular flexibility index (Phi) is 6.52. The van der Waals surface area contributed by atoms with Crippen LogP contribution in [0.25, 0.3) is 0 Å². The second-order valence-corrected chi connectivity index (χ2v) is 6.19. The van der Waals surface area contributed by atoms with Gasteiger partial charge in [0.15, 0.2) is 0 Å². The monoisotopic (exact) mass is 248 g/mol. The van der Waals surface area contributed by atoms with Crippen molar-refractivity contribution in [3.05, 3.63) is 11.0 Å². The Bertz CT molecular complexity index is 231. The largest absolute Gasteiger partial charge is 0.153 e. The van der Waals surface area contributed by atoms with Gasteiger partial charge in [0.1, 0.15) is 0 Å². The molecule has 0 spiro atoms. The van der Waals surface area contributed by atoms with Crippen LogP contribution in [-0.4, -0.2) is 10.6 Å². The van der Waals surface area contributed by atoms with Crippen LogP contribution in [0, 0.1) is 5.41 Å². The van der Waals surface area contributed by atoms with Crippen LogP contribution >= 0.6 is 33.9 Å². The Balaban J connectivity index is 0.00000169. The van der Waals surface area contributed by atoms with Gasteiger partial charge in [-0.05, 0) is 41.4 Å². The number of hydrogen-bond acceptors (Lipinski definition) is 2. The fraction of sp³-hybridized carbons (Fsp3) is 0.727. The van der Waals surface area contributed by atoms with E-state index in [-0.39, 0.29) is 9.90 Å². The van der Waals surface area contributed by atoms with Crippen molar-refractivity contribution < 1.29 is 0 Å². The summed E-state index contributed by atoms with van der Waals surface area (Å²) < 4.78 is 0. The molecule has 1 aliphatic rings. The van der Waals surface area contributed by atoms with Crippen LogP contribution in [0.3, 0.4) is 0 Å². The molecule has 1 atom stereocenters. The first-order valence-corrected chi connectivity index (χ1v) is 6.29. The van der Waals surface area contributed by atoms with E-state index in [1.54, 1.807) is 0 Å². The van der Waals surface area contributed by atoms with Gasteiger partial charge in [-0.2, -0.15) is 9.90 Å². The van der Waals surface area contributed by atoms with Gasteiger partial charge in [-0.1, -0.05) is 33.0 Å². The van der Waals surface area contributed by atoms with E-state index in [2.05, 4.69) is 26.8 Å². The summed E-state index contributed by atoms with van der Waals surface area (Å²) in [5.74, 6) is 1.23. The van der Waals surface area contributed by atoms with Crippen LogP contribution in [0.15, 0.2) is 11.0 Å². The fourth-order valence-corrected chi connectivity index (χ4v) is 3.41. The molecule has 0 aliphatic heterocycles. The molecule has 0 aromatic rings. The minimum atomic E-state index is 0. The minimum absolute atomic E-state index is 0. The molecular weight excluding hydrogens is 227 g/mol. The first kappa shape index (κ1) is 14.6. The summed E-state index contributed by atoms with van der Waals surface area (Å²) in [4.78, 5) is 2.62. The van der Waals surface area contributed by atoms with Gasteiger partial charge < -0.3 is 0 Å². The Hall–Kier alpha value is 0.610. The Morgan fingerprint density at radius 1 is 1.43 bits per heavy atom. The van der Waals surface area contributed by atoms with Gasteiger partial charge in [-0.3, -0.25) is 0 Å². The fourth-order valence-electron chi connectivity index (χ4n) is 1.61. The van der Waals surface area contributed by atoms with Gasteiger partial charge in [0.2, 0.25) is 0 Å². The molecule has 0 aromatic carbocycles. The van der Waals surface area contributed by atoms with Gasteiger partial charge in [0.25, 0.3) is 0 Å². The van der Waals surface area contributed by atoms with E-state index in [9.17, 15) is 0 Å². The maximum atomic E-state index is 5.29. The first-order chi connectivity index (χ1) is 6.03. The molecule has 0 bridgehead atoms. The van der Waals surface area contributed by atoms with Crippen LogP contribution < -0.4 is 0 Å². The quantitative estimate of drug-likeness (QED) is 0.540. The average molecular weight is 248 g/mol. The molecule has 0 fully saturated rings. The molecule has 0 saturated carbocycles. The summed E-state index contributed by atoms with van der Waals surface area (Å²) >= 11 is 7.27. The number of allylic oxidation sites excluding steroid dienone is 2. The lowest BCUT2D eigenvalue weighted by Gasteiger charge is -2.29. The molecule has 0 aromatic heterocycles. The van der Waals surface area contributed by atoms with Crippen molar-refractivity contribution in [2.75, 3.05) is 5.75 Å². The Morgan fingerprint density at radius 3 is 2.57 bits per heavy atom. The SMILES string of the molecule is CCCSC1=CC(=S)CC(C)(C)C1.P. The smallest absolute Gasteiger partial charge is 0.0165 e. The topological polar surface area (TPSA) is 0 Å². The zero-order chi connectivity index (χ0) is 9.90. The summed E-state index contributed by atoms with van der Waals surface area (Å²) in [5.41, 5.74) is 0.391. The van der Waals surface area contributed by atoms with Crippen LogP contribution in [0.4, 0.5) is 0 Å². The van der Waals surface area contributed by atoms with E-state index in [0.29, 0.717) is 5.41 Å². The molecular formula is C11H21PS2. The molecule has 0 heterocycles. The molecule has 0 radical (unpaired) electrons.